The van der Waals surface area contributed by atoms with Crippen molar-refractivity contribution in [2.45, 2.75) is 12.1 Å². The van der Waals surface area contributed by atoms with E-state index in [1.807, 2.05) is 22.6 Å². The van der Waals surface area contributed by atoms with Crippen molar-refractivity contribution in [3.05, 3.63) is 0 Å². The summed E-state index contributed by atoms with van der Waals surface area (Å²) >= 11 is 2.01. The molecule has 0 unspecified atom stereocenters. The van der Waals surface area contributed by atoms with E-state index in [-0.39, 0.29) is 6.61 Å². The molecule has 4 N–H and O–H groups in total. The highest BCUT2D eigenvalue weighted by Crippen LogP contribution is 1.93. The smallest absolute Gasteiger partial charge is 0.0802 e. The SMILES string of the molecule is N[C@H](CO)[C@H](O)CI. The lowest BCUT2D eigenvalue weighted by Gasteiger charge is -2.12. The number of aliphatic hydroxyl groups excluding tert-OH is 2. The minimum absolute atomic E-state index is 0.149. The largest absolute Gasteiger partial charge is 0.395 e. The van der Waals surface area contributed by atoms with Crippen LogP contribution >= 0.6 is 22.6 Å². The topological polar surface area (TPSA) is 66.5 Å². The van der Waals surface area contributed by atoms with E-state index in [9.17, 15) is 0 Å². The van der Waals surface area contributed by atoms with Gasteiger partial charge in [-0.15, -0.1) is 0 Å². The van der Waals surface area contributed by atoms with Gasteiger partial charge in [-0.2, -0.15) is 0 Å². The lowest BCUT2D eigenvalue weighted by atomic mass is 10.2. The third-order valence-electron chi connectivity index (χ3n) is 0.863. The first-order valence-corrected chi connectivity index (χ1v) is 3.85. The molecule has 0 spiro atoms. The predicted molar refractivity (Wildman–Crippen MR) is 40.0 cm³/mol. The van der Waals surface area contributed by atoms with Gasteiger partial charge in [-0.1, -0.05) is 22.6 Å². The van der Waals surface area contributed by atoms with Gasteiger partial charge in [0, 0.05) is 4.43 Å². The van der Waals surface area contributed by atoms with E-state index in [0.717, 1.165) is 0 Å². The molecule has 0 aliphatic carbocycles. The lowest BCUT2D eigenvalue weighted by molar-refractivity contribution is 0.129. The summed E-state index contributed by atoms with van der Waals surface area (Å²) in [5, 5.41) is 17.2. The zero-order valence-corrected chi connectivity index (χ0v) is 6.58. The first-order valence-electron chi connectivity index (χ1n) is 2.32. The highest BCUT2D eigenvalue weighted by atomic mass is 127. The summed E-state index contributed by atoms with van der Waals surface area (Å²) in [6.07, 6.45) is -0.569. The van der Waals surface area contributed by atoms with Gasteiger partial charge in [-0.3, -0.25) is 0 Å². The number of nitrogens with two attached hydrogens (primary N) is 1. The molecule has 0 aromatic carbocycles. The summed E-state index contributed by atoms with van der Waals surface area (Å²) in [6.45, 7) is -0.149. The van der Waals surface area contributed by atoms with Crippen molar-refractivity contribution in [1.82, 2.24) is 0 Å². The molecule has 0 amide bonds. The van der Waals surface area contributed by atoms with E-state index >= 15 is 0 Å². The van der Waals surface area contributed by atoms with Crippen LogP contribution in [-0.4, -0.2) is 33.4 Å². The van der Waals surface area contributed by atoms with E-state index < -0.39 is 12.1 Å². The second-order valence-electron chi connectivity index (χ2n) is 1.57. The highest BCUT2D eigenvalue weighted by Gasteiger charge is 2.10. The Balaban J connectivity index is 3.29. The van der Waals surface area contributed by atoms with Crippen molar-refractivity contribution in [1.29, 1.82) is 0 Å². The van der Waals surface area contributed by atoms with Gasteiger partial charge >= 0.3 is 0 Å². The molecular formula is C4H10INO2. The van der Waals surface area contributed by atoms with Crippen LogP contribution in [0, 0.1) is 0 Å². The van der Waals surface area contributed by atoms with Gasteiger partial charge in [0.15, 0.2) is 0 Å². The van der Waals surface area contributed by atoms with Crippen LogP contribution in [0.1, 0.15) is 0 Å². The standard InChI is InChI=1S/C4H10INO2/c5-1-4(8)3(6)2-7/h3-4,7-8H,1-2,6H2/t3-,4-/m1/s1. The second-order valence-corrected chi connectivity index (χ2v) is 2.45. The number of aliphatic hydroxyl groups is 2. The zero-order chi connectivity index (χ0) is 6.57. The first kappa shape index (κ1) is 8.61. The van der Waals surface area contributed by atoms with Crippen molar-refractivity contribution in [3.63, 3.8) is 0 Å². The Hall–Kier alpha value is 0.610. The molecule has 0 rings (SSSR count). The fraction of sp³-hybridized carbons (Fsp3) is 1.00. The maximum atomic E-state index is 8.83. The molecule has 8 heavy (non-hydrogen) atoms. The summed E-state index contributed by atoms with van der Waals surface area (Å²) < 4.78 is 0.569. The van der Waals surface area contributed by atoms with E-state index in [1.165, 1.54) is 0 Å². The number of halogens is 1. The normalized spacial score (nSPS) is 18.0. The quantitative estimate of drug-likeness (QED) is 0.435. The van der Waals surface area contributed by atoms with E-state index in [1.54, 1.807) is 0 Å². The van der Waals surface area contributed by atoms with Gasteiger partial charge in [-0.05, 0) is 0 Å². The monoisotopic (exact) mass is 231 g/mol. The van der Waals surface area contributed by atoms with Gasteiger partial charge in [0.25, 0.3) is 0 Å². The number of alkyl halides is 1. The van der Waals surface area contributed by atoms with Gasteiger partial charge in [0.2, 0.25) is 0 Å². The lowest BCUT2D eigenvalue weighted by Crippen LogP contribution is -2.38. The molecule has 2 atom stereocenters. The third-order valence-corrected chi connectivity index (χ3v) is 1.77. The molecule has 4 heteroatoms. The van der Waals surface area contributed by atoms with Crippen LogP contribution in [0.15, 0.2) is 0 Å². The van der Waals surface area contributed by atoms with Crippen molar-refractivity contribution >= 4 is 22.6 Å². The summed E-state index contributed by atoms with van der Waals surface area (Å²) in [7, 11) is 0. The summed E-state index contributed by atoms with van der Waals surface area (Å²) in [5.41, 5.74) is 5.22. The molecule has 0 aliphatic rings. The van der Waals surface area contributed by atoms with Crippen LogP contribution in [0.4, 0.5) is 0 Å². The molecule has 50 valence electrons. The minimum atomic E-state index is -0.569. The molecule has 0 bridgehead atoms. The summed E-state index contributed by atoms with van der Waals surface area (Å²) in [6, 6.07) is -0.480. The van der Waals surface area contributed by atoms with Crippen molar-refractivity contribution in [2.24, 2.45) is 5.73 Å². The zero-order valence-electron chi connectivity index (χ0n) is 4.42. The maximum Gasteiger partial charge on any atom is 0.0802 e. The number of rotatable bonds is 3. The van der Waals surface area contributed by atoms with Crippen molar-refractivity contribution in [2.75, 3.05) is 11.0 Å². The van der Waals surface area contributed by atoms with Crippen LogP contribution < -0.4 is 5.73 Å². The van der Waals surface area contributed by atoms with Crippen LogP contribution in [0.25, 0.3) is 0 Å². The van der Waals surface area contributed by atoms with Gasteiger partial charge in [0.1, 0.15) is 0 Å². The van der Waals surface area contributed by atoms with Crippen molar-refractivity contribution in [3.8, 4) is 0 Å². The molecule has 0 heterocycles. The van der Waals surface area contributed by atoms with Gasteiger partial charge < -0.3 is 15.9 Å². The Bertz CT molecular complexity index is 54.0. The molecule has 0 aromatic rings. The van der Waals surface area contributed by atoms with E-state index in [2.05, 4.69) is 0 Å². The molecule has 0 aromatic heterocycles. The Morgan fingerprint density at radius 3 is 2.25 bits per heavy atom. The Morgan fingerprint density at radius 1 is 1.62 bits per heavy atom. The van der Waals surface area contributed by atoms with Crippen molar-refractivity contribution < 1.29 is 10.2 Å². The molecular weight excluding hydrogens is 221 g/mol. The van der Waals surface area contributed by atoms with Crippen LogP contribution in [-0.2, 0) is 0 Å². The van der Waals surface area contributed by atoms with E-state index in [0.29, 0.717) is 4.43 Å². The third kappa shape index (κ3) is 2.81. The molecule has 0 fully saturated rings. The summed E-state index contributed by atoms with van der Waals surface area (Å²) in [5.74, 6) is 0. The molecule has 0 saturated heterocycles. The maximum absolute atomic E-state index is 8.83. The summed E-state index contributed by atoms with van der Waals surface area (Å²) in [4.78, 5) is 0. The van der Waals surface area contributed by atoms with Crippen LogP contribution in [0.5, 0.6) is 0 Å². The van der Waals surface area contributed by atoms with Gasteiger partial charge in [-0.25, -0.2) is 0 Å². The second kappa shape index (κ2) is 4.49. The molecule has 0 radical (unpaired) electrons. The molecule has 0 saturated carbocycles. The number of hydrogen-bond donors (Lipinski definition) is 3. The fourth-order valence-corrected chi connectivity index (χ4v) is 0.889. The average Bonchev–Trinajstić information content (AvgIpc) is 1.84. The minimum Gasteiger partial charge on any atom is -0.395 e. The number of hydrogen-bond acceptors (Lipinski definition) is 3. The Morgan fingerprint density at radius 2 is 2.12 bits per heavy atom. The van der Waals surface area contributed by atoms with Crippen LogP contribution in [0.2, 0.25) is 0 Å². The highest BCUT2D eigenvalue weighted by molar-refractivity contribution is 14.1. The molecule has 0 aliphatic heterocycles. The fourth-order valence-electron chi connectivity index (χ4n) is 0.236. The Labute approximate surface area is 62.0 Å². The van der Waals surface area contributed by atoms with Crippen LogP contribution in [0.3, 0.4) is 0 Å². The first-order chi connectivity index (χ1) is 3.72. The van der Waals surface area contributed by atoms with E-state index in [4.69, 9.17) is 15.9 Å². The molecule has 3 nitrogen and oxygen atoms in total. The Kier molecular flexibility index (Phi) is 4.83. The predicted octanol–water partition coefficient (Wildman–Crippen LogP) is -0.898. The average molecular weight is 231 g/mol. The van der Waals surface area contributed by atoms with Gasteiger partial charge in [0.05, 0.1) is 18.8 Å².